The second-order valence-corrected chi connectivity index (χ2v) is 6.19. The SMILES string of the molecule is CC1(C)OB(c2ccc3nn(CF)cc3c2)OC1(C)C. The van der Waals surface area contributed by atoms with Gasteiger partial charge in [-0.3, -0.25) is 0 Å². The summed E-state index contributed by atoms with van der Waals surface area (Å²) >= 11 is 0. The number of alkyl halides is 1. The number of fused-ring (bicyclic) bond motifs is 1. The third-order valence-corrected chi connectivity index (χ3v) is 4.22. The van der Waals surface area contributed by atoms with E-state index in [9.17, 15) is 4.39 Å². The average molecular weight is 276 g/mol. The van der Waals surface area contributed by atoms with Crippen LogP contribution >= 0.6 is 0 Å². The van der Waals surface area contributed by atoms with Gasteiger partial charge in [0.1, 0.15) is 0 Å². The van der Waals surface area contributed by atoms with E-state index in [0.717, 1.165) is 16.4 Å². The Labute approximate surface area is 118 Å². The first-order chi connectivity index (χ1) is 9.32. The monoisotopic (exact) mass is 276 g/mol. The van der Waals surface area contributed by atoms with Gasteiger partial charge in [-0.05, 0) is 39.2 Å². The van der Waals surface area contributed by atoms with Crippen LogP contribution in [0.3, 0.4) is 0 Å². The lowest BCUT2D eigenvalue weighted by molar-refractivity contribution is 0.00578. The molecular formula is C14H18BFN2O2. The fourth-order valence-corrected chi connectivity index (χ4v) is 2.28. The molecule has 6 heteroatoms. The molecule has 1 aromatic heterocycles. The zero-order chi connectivity index (χ0) is 14.5. The highest BCUT2D eigenvalue weighted by Crippen LogP contribution is 2.36. The summed E-state index contributed by atoms with van der Waals surface area (Å²) in [4.78, 5) is 0. The van der Waals surface area contributed by atoms with Crippen LogP contribution in [-0.4, -0.2) is 28.1 Å². The van der Waals surface area contributed by atoms with Gasteiger partial charge in [-0.25, -0.2) is 9.07 Å². The Morgan fingerprint density at radius 2 is 1.85 bits per heavy atom. The van der Waals surface area contributed by atoms with E-state index < -0.39 is 13.9 Å². The first kappa shape index (κ1) is 13.6. The molecular weight excluding hydrogens is 258 g/mol. The number of aromatic nitrogens is 2. The highest BCUT2D eigenvalue weighted by atomic mass is 19.1. The Balaban J connectivity index is 1.95. The maximum absolute atomic E-state index is 12.6. The number of rotatable bonds is 2. The Kier molecular flexibility index (Phi) is 2.92. The van der Waals surface area contributed by atoms with Crippen LogP contribution in [0.15, 0.2) is 24.4 Å². The van der Waals surface area contributed by atoms with Crippen molar-refractivity contribution in [3.05, 3.63) is 24.4 Å². The molecule has 0 bridgehead atoms. The molecule has 0 unspecified atom stereocenters. The number of hydrogen-bond acceptors (Lipinski definition) is 3. The van der Waals surface area contributed by atoms with Gasteiger partial charge < -0.3 is 9.31 Å². The molecule has 1 saturated heterocycles. The normalized spacial score (nSPS) is 20.8. The maximum Gasteiger partial charge on any atom is 0.494 e. The van der Waals surface area contributed by atoms with Crippen LogP contribution in [0.4, 0.5) is 4.39 Å². The first-order valence-electron chi connectivity index (χ1n) is 6.71. The highest BCUT2D eigenvalue weighted by Gasteiger charge is 2.51. The minimum atomic E-state index is -0.624. The van der Waals surface area contributed by atoms with Gasteiger partial charge in [0.2, 0.25) is 0 Å². The van der Waals surface area contributed by atoms with Crippen LogP contribution < -0.4 is 5.46 Å². The fourth-order valence-electron chi connectivity index (χ4n) is 2.28. The molecule has 1 aromatic carbocycles. The van der Waals surface area contributed by atoms with Crippen molar-refractivity contribution in [3.8, 4) is 0 Å². The van der Waals surface area contributed by atoms with Crippen molar-refractivity contribution < 1.29 is 13.7 Å². The van der Waals surface area contributed by atoms with Gasteiger partial charge in [-0.1, -0.05) is 12.1 Å². The quantitative estimate of drug-likeness (QED) is 0.789. The van der Waals surface area contributed by atoms with Crippen molar-refractivity contribution >= 4 is 23.5 Å². The van der Waals surface area contributed by atoms with Gasteiger partial charge in [0, 0.05) is 11.6 Å². The minimum Gasteiger partial charge on any atom is -0.399 e. The van der Waals surface area contributed by atoms with E-state index in [1.54, 1.807) is 6.20 Å². The largest absolute Gasteiger partial charge is 0.494 e. The summed E-state index contributed by atoms with van der Waals surface area (Å²) in [6, 6.07) is 5.72. The number of benzene rings is 1. The summed E-state index contributed by atoms with van der Waals surface area (Å²) in [5.74, 6) is 0. The van der Waals surface area contributed by atoms with E-state index in [1.165, 1.54) is 4.68 Å². The molecule has 1 aliphatic rings. The lowest BCUT2D eigenvalue weighted by Crippen LogP contribution is -2.41. The average Bonchev–Trinajstić information content (AvgIpc) is 2.87. The number of halogens is 1. The van der Waals surface area contributed by atoms with E-state index >= 15 is 0 Å². The molecule has 0 saturated carbocycles. The fraction of sp³-hybridized carbons (Fsp3) is 0.500. The van der Waals surface area contributed by atoms with E-state index in [1.807, 2.05) is 45.9 Å². The zero-order valence-corrected chi connectivity index (χ0v) is 12.2. The van der Waals surface area contributed by atoms with Crippen molar-refractivity contribution in [1.82, 2.24) is 9.78 Å². The zero-order valence-electron chi connectivity index (χ0n) is 12.2. The van der Waals surface area contributed by atoms with Gasteiger partial charge in [0.25, 0.3) is 0 Å². The Morgan fingerprint density at radius 3 is 2.45 bits per heavy atom. The van der Waals surface area contributed by atoms with E-state index in [2.05, 4.69) is 5.10 Å². The molecule has 3 rings (SSSR count). The van der Waals surface area contributed by atoms with Gasteiger partial charge in [-0.15, -0.1) is 0 Å². The van der Waals surface area contributed by atoms with Crippen LogP contribution in [-0.2, 0) is 16.1 Å². The molecule has 1 fully saturated rings. The Bertz CT molecular complexity index is 638. The second-order valence-electron chi connectivity index (χ2n) is 6.19. The summed E-state index contributed by atoms with van der Waals surface area (Å²) in [6.07, 6.45) is 1.68. The third-order valence-electron chi connectivity index (χ3n) is 4.22. The van der Waals surface area contributed by atoms with Crippen molar-refractivity contribution in [2.75, 3.05) is 0 Å². The molecule has 0 spiro atoms. The molecule has 2 heterocycles. The maximum atomic E-state index is 12.6. The van der Waals surface area contributed by atoms with E-state index in [0.29, 0.717) is 0 Å². The lowest BCUT2D eigenvalue weighted by atomic mass is 9.79. The van der Waals surface area contributed by atoms with E-state index in [-0.39, 0.29) is 11.2 Å². The number of nitrogens with zero attached hydrogens (tertiary/aromatic N) is 2. The third kappa shape index (κ3) is 2.03. The molecule has 0 atom stereocenters. The molecule has 106 valence electrons. The molecule has 0 amide bonds. The van der Waals surface area contributed by atoms with E-state index in [4.69, 9.17) is 9.31 Å². The molecule has 4 nitrogen and oxygen atoms in total. The summed E-state index contributed by atoms with van der Waals surface area (Å²) in [5, 5.41) is 5.00. The van der Waals surface area contributed by atoms with Gasteiger partial charge in [0.05, 0.1) is 16.7 Å². The van der Waals surface area contributed by atoms with Crippen LogP contribution in [0.5, 0.6) is 0 Å². The molecule has 20 heavy (non-hydrogen) atoms. The smallest absolute Gasteiger partial charge is 0.399 e. The van der Waals surface area contributed by atoms with Crippen LogP contribution in [0.1, 0.15) is 27.7 Å². The van der Waals surface area contributed by atoms with Crippen LogP contribution in [0, 0.1) is 0 Å². The van der Waals surface area contributed by atoms with Crippen molar-refractivity contribution in [1.29, 1.82) is 0 Å². The van der Waals surface area contributed by atoms with Gasteiger partial charge in [-0.2, -0.15) is 5.10 Å². The van der Waals surface area contributed by atoms with Gasteiger partial charge in [0.15, 0.2) is 6.80 Å². The highest BCUT2D eigenvalue weighted by molar-refractivity contribution is 6.62. The first-order valence-corrected chi connectivity index (χ1v) is 6.71. The number of hydrogen-bond donors (Lipinski definition) is 0. The lowest BCUT2D eigenvalue weighted by Gasteiger charge is -2.32. The molecule has 0 radical (unpaired) electrons. The predicted octanol–water partition coefficient (Wildman–Crippen LogP) is 2.26. The molecule has 2 aromatic rings. The molecule has 0 aliphatic carbocycles. The van der Waals surface area contributed by atoms with Gasteiger partial charge >= 0.3 is 7.12 Å². The minimum absolute atomic E-state index is 0.365. The topological polar surface area (TPSA) is 36.3 Å². The molecule has 0 N–H and O–H groups in total. The Hall–Kier alpha value is -1.40. The Morgan fingerprint density at radius 1 is 1.20 bits per heavy atom. The predicted molar refractivity (Wildman–Crippen MR) is 76.6 cm³/mol. The van der Waals surface area contributed by atoms with Crippen molar-refractivity contribution in [3.63, 3.8) is 0 Å². The van der Waals surface area contributed by atoms with Crippen molar-refractivity contribution in [2.45, 2.75) is 45.7 Å². The summed E-state index contributed by atoms with van der Waals surface area (Å²) < 4.78 is 25.9. The van der Waals surface area contributed by atoms with Crippen LogP contribution in [0.2, 0.25) is 0 Å². The summed E-state index contributed by atoms with van der Waals surface area (Å²) in [6.45, 7) is 7.46. The van der Waals surface area contributed by atoms with Crippen LogP contribution in [0.25, 0.3) is 10.9 Å². The summed E-state index contributed by atoms with van der Waals surface area (Å²) in [5.41, 5.74) is 0.961. The summed E-state index contributed by atoms with van der Waals surface area (Å²) in [7, 11) is -0.405. The second kappa shape index (κ2) is 4.30. The molecule has 1 aliphatic heterocycles. The standard InChI is InChI=1S/C14H18BFN2O2/c1-13(2)14(3,4)20-15(19-13)11-5-6-12-10(7-11)8-18(9-16)17-12/h5-8H,9H2,1-4H3. The van der Waals surface area contributed by atoms with Crippen molar-refractivity contribution in [2.24, 2.45) is 0 Å².